The molecule has 0 spiro atoms. The van der Waals surface area contributed by atoms with E-state index in [1.807, 2.05) is 31.3 Å². The maximum absolute atomic E-state index is 13.1. The van der Waals surface area contributed by atoms with E-state index in [1.54, 1.807) is 7.11 Å². The van der Waals surface area contributed by atoms with Crippen molar-refractivity contribution in [2.24, 2.45) is 11.3 Å². The van der Waals surface area contributed by atoms with Crippen LogP contribution in [-0.2, 0) is 17.9 Å². The molecule has 0 unspecified atom stereocenters. The number of nitrogens with zero attached hydrogens (tertiary/aromatic N) is 4. The van der Waals surface area contributed by atoms with Gasteiger partial charge in [0.15, 0.2) is 0 Å². The third kappa shape index (κ3) is 4.70. The van der Waals surface area contributed by atoms with E-state index in [4.69, 9.17) is 4.74 Å². The van der Waals surface area contributed by atoms with Gasteiger partial charge in [0, 0.05) is 43.5 Å². The lowest BCUT2D eigenvalue weighted by atomic mass is 9.69. The molecule has 0 aliphatic carbocycles. The number of aromatic nitrogens is 2. The van der Waals surface area contributed by atoms with Gasteiger partial charge in [0.05, 0.1) is 13.7 Å². The van der Waals surface area contributed by atoms with Gasteiger partial charge in [0.2, 0.25) is 5.91 Å². The Kier molecular flexibility index (Phi) is 6.89. The number of ether oxygens (including phenoxy) is 1. The van der Waals surface area contributed by atoms with E-state index in [0.29, 0.717) is 11.8 Å². The summed E-state index contributed by atoms with van der Waals surface area (Å²) >= 11 is 0. The van der Waals surface area contributed by atoms with Crippen LogP contribution in [0.1, 0.15) is 56.0 Å². The van der Waals surface area contributed by atoms with Crippen molar-refractivity contribution in [1.82, 2.24) is 19.4 Å². The number of likely N-dealkylation sites (tertiary alicyclic amines) is 2. The number of imidazole rings is 1. The number of carbonyl (C=O) groups is 1. The summed E-state index contributed by atoms with van der Waals surface area (Å²) in [5, 5.41) is 0. The summed E-state index contributed by atoms with van der Waals surface area (Å²) in [4.78, 5) is 21.9. The van der Waals surface area contributed by atoms with Gasteiger partial charge < -0.3 is 14.2 Å². The van der Waals surface area contributed by atoms with Crippen LogP contribution in [0, 0.1) is 18.3 Å². The SMILES string of the molecule is COc1ccc(CN2CCC([C@@]3(C)CCCCN(C)C3=O)CC2)cc1Cn1ccnc1C. The van der Waals surface area contributed by atoms with Crippen molar-refractivity contribution in [2.45, 2.75) is 59.0 Å². The molecule has 6 heteroatoms. The summed E-state index contributed by atoms with van der Waals surface area (Å²) < 4.78 is 7.76. The van der Waals surface area contributed by atoms with Gasteiger partial charge in [-0.15, -0.1) is 0 Å². The molecule has 2 aliphatic rings. The number of piperidine rings is 1. The molecule has 6 nitrogen and oxygen atoms in total. The first kappa shape index (κ1) is 22.8. The Balaban J connectivity index is 1.40. The zero-order chi connectivity index (χ0) is 22.7. The maximum Gasteiger partial charge on any atom is 0.228 e. The summed E-state index contributed by atoms with van der Waals surface area (Å²) in [5.74, 6) is 2.78. The molecule has 1 aromatic carbocycles. The highest BCUT2D eigenvalue weighted by Gasteiger charge is 2.44. The number of amides is 1. The summed E-state index contributed by atoms with van der Waals surface area (Å²) in [6.45, 7) is 8.98. The molecule has 0 saturated carbocycles. The lowest BCUT2D eigenvalue weighted by molar-refractivity contribution is -0.143. The third-order valence-electron chi connectivity index (χ3n) is 7.78. The minimum Gasteiger partial charge on any atom is -0.496 e. The fraction of sp³-hybridized carbons (Fsp3) is 0.615. The number of hydrogen-bond acceptors (Lipinski definition) is 4. The van der Waals surface area contributed by atoms with Crippen molar-refractivity contribution in [1.29, 1.82) is 0 Å². The predicted molar refractivity (Wildman–Crippen MR) is 127 cm³/mol. The Labute approximate surface area is 192 Å². The van der Waals surface area contributed by atoms with Crippen LogP contribution in [0.25, 0.3) is 0 Å². The van der Waals surface area contributed by atoms with Crippen LogP contribution in [-0.4, -0.2) is 59.0 Å². The Morgan fingerprint density at radius 2 is 1.94 bits per heavy atom. The predicted octanol–water partition coefficient (Wildman–Crippen LogP) is 4.11. The highest BCUT2D eigenvalue weighted by Crippen LogP contribution is 2.42. The van der Waals surface area contributed by atoms with Gasteiger partial charge in [0.1, 0.15) is 11.6 Å². The second kappa shape index (κ2) is 9.65. The van der Waals surface area contributed by atoms with E-state index in [1.165, 1.54) is 11.1 Å². The van der Waals surface area contributed by atoms with E-state index in [9.17, 15) is 4.79 Å². The topological polar surface area (TPSA) is 50.6 Å². The molecule has 174 valence electrons. The summed E-state index contributed by atoms with van der Waals surface area (Å²) in [6, 6.07) is 6.54. The second-order valence-electron chi connectivity index (χ2n) is 9.90. The molecule has 3 heterocycles. The summed E-state index contributed by atoms with van der Waals surface area (Å²) in [6.07, 6.45) is 9.40. The van der Waals surface area contributed by atoms with Gasteiger partial charge in [-0.25, -0.2) is 4.98 Å². The Morgan fingerprint density at radius 1 is 1.16 bits per heavy atom. The van der Waals surface area contributed by atoms with Crippen molar-refractivity contribution in [2.75, 3.05) is 33.8 Å². The fourth-order valence-corrected chi connectivity index (χ4v) is 5.66. The van der Waals surface area contributed by atoms with Gasteiger partial charge in [-0.3, -0.25) is 9.69 Å². The van der Waals surface area contributed by atoms with Gasteiger partial charge >= 0.3 is 0 Å². The summed E-state index contributed by atoms with van der Waals surface area (Å²) in [7, 11) is 3.71. The first-order valence-corrected chi connectivity index (χ1v) is 12.0. The van der Waals surface area contributed by atoms with Crippen LogP contribution in [0.3, 0.4) is 0 Å². The molecule has 2 saturated heterocycles. The highest BCUT2D eigenvalue weighted by atomic mass is 16.5. The maximum atomic E-state index is 13.1. The lowest BCUT2D eigenvalue weighted by Crippen LogP contribution is -2.47. The normalized spacial score (nSPS) is 23.4. The van der Waals surface area contributed by atoms with Gasteiger partial charge in [-0.1, -0.05) is 19.4 Å². The monoisotopic (exact) mass is 438 g/mol. The van der Waals surface area contributed by atoms with Gasteiger partial charge in [-0.05, 0) is 69.3 Å². The largest absolute Gasteiger partial charge is 0.496 e. The molecule has 4 rings (SSSR count). The number of hydrogen-bond donors (Lipinski definition) is 0. The minimum absolute atomic E-state index is 0.187. The fourth-order valence-electron chi connectivity index (χ4n) is 5.66. The van der Waals surface area contributed by atoms with Crippen LogP contribution in [0.2, 0.25) is 0 Å². The van der Waals surface area contributed by atoms with E-state index in [2.05, 4.69) is 39.6 Å². The van der Waals surface area contributed by atoms with Gasteiger partial charge in [0.25, 0.3) is 0 Å². The Hall–Kier alpha value is -2.34. The first-order valence-electron chi connectivity index (χ1n) is 12.0. The average molecular weight is 439 g/mol. The first-order chi connectivity index (χ1) is 15.4. The van der Waals surface area contributed by atoms with Crippen LogP contribution < -0.4 is 4.74 Å². The minimum atomic E-state index is -0.187. The smallest absolute Gasteiger partial charge is 0.228 e. The van der Waals surface area contributed by atoms with Crippen molar-refractivity contribution >= 4 is 5.91 Å². The van der Waals surface area contributed by atoms with Crippen LogP contribution in [0.4, 0.5) is 0 Å². The average Bonchev–Trinajstić information content (AvgIpc) is 3.15. The molecule has 1 atom stereocenters. The van der Waals surface area contributed by atoms with Crippen LogP contribution in [0.5, 0.6) is 5.75 Å². The molecular weight excluding hydrogens is 400 g/mol. The summed E-state index contributed by atoms with van der Waals surface area (Å²) in [5.41, 5.74) is 2.31. The van der Waals surface area contributed by atoms with Gasteiger partial charge in [-0.2, -0.15) is 0 Å². The molecule has 0 N–H and O–H groups in total. The van der Waals surface area contributed by atoms with Crippen molar-refractivity contribution in [3.63, 3.8) is 0 Å². The molecule has 2 aromatic rings. The number of rotatable bonds is 6. The zero-order valence-corrected chi connectivity index (χ0v) is 20.1. The van der Waals surface area contributed by atoms with E-state index < -0.39 is 0 Å². The number of carbonyl (C=O) groups excluding carboxylic acids is 1. The van der Waals surface area contributed by atoms with Crippen LogP contribution >= 0.6 is 0 Å². The Morgan fingerprint density at radius 3 is 2.62 bits per heavy atom. The van der Waals surface area contributed by atoms with E-state index in [-0.39, 0.29) is 5.41 Å². The van der Waals surface area contributed by atoms with Crippen LogP contribution in [0.15, 0.2) is 30.6 Å². The van der Waals surface area contributed by atoms with E-state index in [0.717, 1.165) is 76.4 Å². The number of methoxy groups -OCH3 is 1. The molecule has 0 radical (unpaired) electrons. The lowest BCUT2D eigenvalue weighted by Gasteiger charge is -2.42. The number of aryl methyl sites for hydroxylation is 1. The standard InChI is InChI=1S/C26H38N4O2/c1-20-27-12-16-30(20)19-22-17-21(7-8-24(22)32-4)18-29-14-9-23(10-15-29)26(2)11-5-6-13-28(3)25(26)31/h7-8,12,16-17,23H,5-6,9-11,13-15,18-19H2,1-4H3/t26-/m1/s1. The van der Waals surface area contributed by atoms with Crippen molar-refractivity contribution < 1.29 is 9.53 Å². The van der Waals surface area contributed by atoms with Crippen molar-refractivity contribution in [3.8, 4) is 5.75 Å². The molecule has 32 heavy (non-hydrogen) atoms. The third-order valence-corrected chi connectivity index (χ3v) is 7.78. The molecule has 0 bridgehead atoms. The molecule has 2 fully saturated rings. The highest BCUT2D eigenvalue weighted by molar-refractivity contribution is 5.82. The zero-order valence-electron chi connectivity index (χ0n) is 20.1. The Bertz CT molecular complexity index is 932. The molecule has 1 amide bonds. The second-order valence-corrected chi connectivity index (χ2v) is 9.90. The van der Waals surface area contributed by atoms with E-state index >= 15 is 0 Å². The molecule has 1 aromatic heterocycles. The van der Waals surface area contributed by atoms with Crippen molar-refractivity contribution in [3.05, 3.63) is 47.5 Å². The molecular formula is C26H38N4O2. The number of benzene rings is 1. The molecule has 2 aliphatic heterocycles. The quantitative estimate of drug-likeness (QED) is 0.681.